The van der Waals surface area contributed by atoms with Crippen molar-refractivity contribution in [2.24, 2.45) is 0 Å². The average molecular weight is 321 g/mol. The molecule has 0 spiro atoms. The third kappa shape index (κ3) is 2.10. The smallest absolute Gasteiger partial charge is 0.157 e. The second-order valence-corrected chi connectivity index (χ2v) is 6.44. The van der Waals surface area contributed by atoms with Crippen LogP contribution in [0.4, 0.5) is 0 Å². The van der Waals surface area contributed by atoms with E-state index < -0.39 is 0 Å². The zero-order valence-corrected chi connectivity index (χ0v) is 13.0. The third-order valence-electron chi connectivity index (χ3n) is 4.64. The van der Waals surface area contributed by atoms with Crippen molar-refractivity contribution in [3.05, 3.63) is 71.4 Å². The van der Waals surface area contributed by atoms with Gasteiger partial charge in [0.05, 0.1) is 0 Å². The van der Waals surface area contributed by atoms with Crippen molar-refractivity contribution in [3.8, 4) is 0 Å². The molecule has 1 aliphatic rings. The van der Waals surface area contributed by atoms with Crippen LogP contribution in [-0.4, -0.2) is 19.6 Å². The molecule has 0 N–H and O–H groups in total. The van der Waals surface area contributed by atoms with Gasteiger partial charge in [0.15, 0.2) is 5.65 Å². The number of nitrogens with zero attached hydrogens (tertiary/aromatic N) is 4. The number of hydrogen-bond donors (Lipinski definition) is 0. The molecule has 1 aromatic carbocycles. The largest absolute Gasteiger partial charge is 0.264 e. The molecule has 5 heteroatoms. The topological polar surface area (TPSA) is 43.1 Å². The Morgan fingerprint density at radius 2 is 2.00 bits per heavy atom. The zero-order chi connectivity index (χ0) is 15.4. The first-order valence-electron chi connectivity index (χ1n) is 7.63. The molecule has 112 valence electrons. The summed E-state index contributed by atoms with van der Waals surface area (Å²) in [6, 6.07) is 10.6. The first-order chi connectivity index (χ1) is 11.3. The van der Waals surface area contributed by atoms with E-state index in [1.165, 1.54) is 21.9 Å². The fourth-order valence-electron chi connectivity index (χ4n) is 3.42. The Bertz CT molecular complexity index is 1040. The second-order valence-electron chi connectivity index (χ2n) is 6.05. The maximum absolute atomic E-state index is 6.16. The summed E-state index contributed by atoms with van der Waals surface area (Å²) in [5.74, 6) is 0.978. The fourth-order valence-corrected chi connectivity index (χ4v) is 3.62. The van der Waals surface area contributed by atoms with E-state index in [9.17, 15) is 0 Å². The van der Waals surface area contributed by atoms with Crippen molar-refractivity contribution in [1.82, 2.24) is 19.6 Å². The summed E-state index contributed by atoms with van der Waals surface area (Å²) in [6.07, 6.45) is 8.47. The number of hydrogen-bond acceptors (Lipinski definition) is 3. The van der Waals surface area contributed by atoms with Crippen LogP contribution < -0.4 is 0 Å². The van der Waals surface area contributed by atoms with Gasteiger partial charge in [-0.25, -0.2) is 9.50 Å². The highest BCUT2D eigenvalue weighted by atomic mass is 35.5. The van der Waals surface area contributed by atoms with E-state index in [-0.39, 0.29) is 0 Å². The predicted octanol–water partition coefficient (Wildman–Crippen LogP) is 4.20. The Morgan fingerprint density at radius 1 is 1.04 bits per heavy atom. The van der Waals surface area contributed by atoms with Gasteiger partial charge < -0.3 is 0 Å². The summed E-state index contributed by atoms with van der Waals surface area (Å²) in [5, 5.41) is 7.19. The van der Waals surface area contributed by atoms with E-state index in [0.29, 0.717) is 17.0 Å². The molecule has 0 saturated heterocycles. The minimum Gasteiger partial charge on any atom is -0.264 e. The predicted molar refractivity (Wildman–Crippen MR) is 89.8 cm³/mol. The van der Waals surface area contributed by atoms with Crippen LogP contribution in [-0.2, 0) is 0 Å². The number of benzene rings is 1. The maximum Gasteiger partial charge on any atom is 0.157 e. The molecule has 3 heterocycles. The van der Waals surface area contributed by atoms with E-state index in [0.717, 1.165) is 12.1 Å². The molecule has 4 nitrogen and oxygen atoms in total. The molecule has 4 aromatic rings. The van der Waals surface area contributed by atoms with Gasteiger partial charge in [0, 0.05) is 35.7 Å². The van der Waals surface area contributed by atoms with Crippen LogP contribution in [0, 0.1) is 0 Å². The van der Waals surface area contributed by atoms with Crippen LogP contribution in [0.5, 0.6) is 0 Å². The highest BCUT2D eigenvalue weighted by Gasteiger charge is 2.41. The molecule has 0 radical (unpaired) electrons. The van der Waals surface area contributed by atoms with Crippen LogP contribution in [0.25, 0.3) is 16.4 Å². The monoisotopic (exact) mass is 320 g/mol. The number of fused-ring (bicyclic) bond motifs is 2. The standard InChI is InChI=1S/C18H13ClN4/c19-17-9-16(18-21-5-6-23(18)22-17)15-8-14(15)12-1-2-13-10-20-4-3-11(13)7-12/h1-7,9-10,14-15H,8H2/t14?,15-/m0/s1. The van der Waals surface area contributed by atoms with E-state index >= 15 is 0 Å². The Balaban J connectivity index is 1.55. The highest BCUT2D eigenvalue weighted by molar-refractivity contribution is 6.29. The molecule has 1 saturated carbocycles. The van der Waals surface area contributed by atoms with Crippen LogP contribution in [0.3, 0.4) is 0 Å². The molecule has 0 aliphatic heterocycles. The number of aromatic nitrogens is 4. The van der Waals surface area contributed by atoms with Gasteiger partial charge >= 0.3 is 0 Å². The summed E-state index contributed by atoms with van der Waals surface area (Å²) in [6.45, 7) is 0. The molecule has 3 aromatic heterocycles. The molecule has 0 bridgehead atoms. The summed E-state index contributed by atoms with van der Waals surface area (Å²) in [7, 11) is 0. The lowest BCUT2D eigenvalue weighted by atomic mass is 10.0. The maximum atomic E-state index is 6.16. The van der Waals surface area contributed by atoms with Crippen LogP contribution in [0.2, 0.25) is 5.15 Å². The summed E-state index contributed by atoms with van der Waals surface area (Å²) >= 11 is 6.16. The Labute approximate surface area is 137 Å². The van der Waals surface area contributed by atoms with E-state index in [1.807, 2.05) is 24.7 Å². The lowest BCUT2D eigenvalue weighted by Gasteiger charge is -2.05. The van der Waals surface area contributed by atoms with Crippen molar-refractivity contribution < 1.29 is 0 Å². The Morgan fingerprint density at radius 3 is 2.96 bits per heavy atom. The van der Waals surface area contributed by atoms with Crippen LogP contribution in [0.15, 0.2) is 55.1 Å². The first-order valence-corrected chi connectivity index (χ1v) is 8.01. The summed E-state index contributed by atoms with van der Waals surface area (Å²) < 4.78 is 1.76. The van der Waals surface area contributed by atoms with Gasteiger partial charge in [0.25, 0.3) is 0 Å². The van der Waals surface area contributed by atoms with Crippen LogP contribution >= 0.6 is 11.6 Å². The van der Waals surface area contributed by atoms with E-state index in [1.54, 1.807) is 10.7 Å². The normalized spacial score (nSPS) is 20.2. The molecule has 5 rings (SSSR count). The van der Waals surface area contributed by atoms with E-state index in [2.05, 4.69) is 39.3 Å². The second kappa shape index (κ2) is 4.77. The zero-order valence-electron chi connectivity index (χ0n) is 12.2. The van der Waals surface area contributed by atoms with Crippen molar-refractivity contribution in [3.63, 3.8) is 0 Å². The van der Waals surface area contributed by atoms with Gasteiger partial charge in [0.2, 0.25) is 0 Å². The van der Waals surface area contributed by atoms with Gasteiger partial charge in [-0.1, -0.05) is 29.8 Å². The number of rotatable bonds is 2. The van der Waals surface area contributed by atoms with E-state index in [4.69, 9.17) is 11.6 Å². The molecule has 1 fully saturated rings. The first kappa shape index (κ1) is 13.0. The minimum atomic E-state index is 0.458. The average Bonchev–Trinajstić information content (AvgIpc) is 3.23. The fraction of sp³-hybridized carbons (Fsp3) is 0.167. The molecular formula is C18H13ClN4. The van der Waals surface area contributed by atoms with Gasteiger partial charge in [-0.3, -0.25) is 4.98 Å². The van der Waals surface area contributed by atoms with Crippen molar-refractivity contribution >= 4 is 28.0 Å². The lowest BCUT2D eigenvalue weighted by molar-refractivity contribution is 0.906. The summed E-state index contributed by atoms with van der Waals surface area (Å²) in [5.41, 5.74) is 3.47. The van der Waals surface area contributed by atoms with Gasteiger partial charge in [-0.15, -0.1) is 0 Å². The SMILES string of the molecule is Clc1cc([C@H]2CC2c2ccc3cnccc3c2)c2nccn2n1. The number of imidazole rings is 1. The molecular weight excluding hydrogens is 308 g/mol. The highest BCUT2D eigenvalue weighted by Crippen LogP contribution is 2.55. The van der Waals surface area contributed by atoms with Gasteiger partial charge in [0.1, 0.15) is 5.15 Å². The van der Waals surface area contributed by atoms with Crippen LogP contribution in [0.1, 0.15) is 29.4 Å². The van der Waals surface area contributed by atoms with Crippen molar-refractivity contribution in [2.75, 3.05) is 0 Å². The quantitative estimate of drug-likeness (QED) is 0.556. The third-order valence-corrected chi connectivity index (χ3v) is 4.83. The Hall–Kier alpha value is -2.46. The molecule has 1 aliphatic carbocycles. The molecule has 23 heavy (non-hydrogen) atoms. The van der Waals surface area contributed by atoms with Crippen molar-refractivity contribution in [1.29, 1.82) is 0 Å². The van der Waals surface area contributed by atoms with Crippen molar-refractivity contribution in [2.45, 2.75) is 18.3 Å². The minimum absolute atomic E-state index is 0.458. The lowest BCUT2D eigenvalue weighted by Crippen LogP contribution is -1.96. The molecule has 1 unspecified atom stereocenters. The van der Waals surface area contributed by atoms with Gasteiger partial charge in [-0.2, -0.15) is 5.10 Å². The molecule has 0 amide bonds. The Kier molecular flexibility index (Phi) is 2.70. The number of halogens is 1. The number of pyridine rings is 1. The molecule has 2 atom stereocenters. The summed E-state index contributed by atoms with van der Waals surface area (Å²) in [4.78, 5) is 8.60. The van der Waals surface area contributed by atoms with Gasteiger partial charge in [-0.05, 0) is 41.3 Å².